The number of hydrogen-bond acceptors (Lipinski definition) is 4. The van der Waals surface area contributed by atoms with Gasteiger partial charge in [0.25, 0.3) is 5.91 Å². The summed E-state index contributed by atoms with van der Waals surface area (Å²) in [6, 6.07) is 4.91. The van der Waals surface area contributed by atoms with Crippen molar-refractivity contribution in [1.29, 1.82) is 0 Å². The summed E-state index contributed by atoms with van der Waals surface area (Å²) in [6.07, 6.45) is -0.832. The quantitative estimate of drug-likeness (QED) is 0.776. The van der Waals surface area contributed by atoms with Gasteiger partial charge in [-0.2, -0.15) is 0 Å². The molecule has 0 spiro atoms. The van der Waals surface area contributed by atoms with E-state index in [0.29, 0.717) is 16.5 Å². The molecular weight excluding hydrogens is 318 g/mol. The molecule has 0 radical (unpaired) electrons. The van der Waals surface area contributed by atoms with Crippen LogP contribution in [0.5, 0.6) is 11.5 Å². The summed E-state index contributed by atoms with van der Waals surface area (Å²) in [5, 5.41) is 3.28. The average molecular weight is 340 g/mol. The van der Waals surface area contributed by atoms with Gasteiger partial charge in [-0.15, -0.1) is 5.92 Å². The SMILES string of the molecule is CC#CC(C)(C)NC(=O)C(COC)Oc1cc(Cl)cc(OC)c1. The molecule has 0 aliphatic rings. The fourth-order valence-corrected chi connectivity index (χ4v) is 2.15. The van der Waals surface area contributed by atoms with Gasteiger partial charge in [-0.1, -0.05) is 17.5 Å². The third-order valence-corrected chi connectivity index (χ3v) is 3.06. The topological polar surface area (TPSA) is 56.8 Å². The molecule has 0 bridgehead atoms. The molecule has 0 aliphatic carbocycles. The molecule has 1 rings (SSSR count). The van der Waals surface area contributed by atoms with E-state index in [1.807, 2.05) is 13.8 Å². The minimum atomic E-state index is -0.832. The van der Waals surface area contributed by atoms with E-state index in [2.05, 4.69) is 17.2 Å². The third-order valence-electron chi connectivity index (χ3n) is 2.84. The Morgan fingerprint density at radius 2 is 1.96 bits per heavy atom. The Balaban J connectivity index is 2.91. The molecule has 1 amide bonds. The van der Waals surface area contributed by atoms with E-state index in [9.17, 15) is 4.79 Å². The molecule has 0 fully saturated rings. The first-order valence-corrected chi connectivity index (χ1v) is 7.45. The highest BCUT2D eigenvalue weighted by atomic mass is 35.5. The number of carbonyl (C=O) groups is 1. The molecule has 0 saturated carbocycles. The minimum absolute atomic E-state index is 0.0935. The lowest BCUT2D eigenvalue weighted by Crippen LogP contribution is -2.50. The van der Waals surface area contributed by atoms with Crippen molar-refractivity contribution < 1.29 is 19.0 Å². The smallest absolute Gasteiger partial charge is 0.264 e. The Morgan fingerprint density at radius 1 is 1.30 bits per heavy atom. The standard InChI is InChI=1S/C17H22ClNO4/c1-6-7-17(2,3)19-16(20)15(11-21-4)23-14-9-12(18)8-13(10-14)22-5/h8-10,15H,11H2,1-5H3,(H,19,20). The lowest BCUT2D eigenvalue weighted by molar-refractivity contribution is -0.131. The Bertz CT molecular complexity index is 604. The number of benzene rings is 1. The van der Waals surface area contributed by atoms with Crippen LogP contribution in [0.25, 0.3) is 0 Å². The number of carbonyl (C=O) groups excluding carboxylic acids is 1. The zero-order valence-electron chi connectivity index (χ0n) is 14.0. The summed E-state index contributed by atoms with van der Waals surface area (Å²) in [7, 11) is 3.03. The monoisotopic (exact) mass is 339 g/mol. The minimum Gasteiger partial charge on any atom is -0.497 e. The average Bonchev–Trinajstić information content (AvgIpc) is 2.45. The van der Waals surface area contributed by atoms with E-state index in [4.69, 9.17) is 25.8 Å². The van der Waals surface area contributed by atoms with Crippen LogP contribution < -0.4 is 14.8 Å². The third kappa shape index (κ3) is 6.39. The Hall–Kier alpha value is -1.90. The molecule has 0 heterocycles. The first kappa shape index (κ1) is 19.1. The van der Waals surface area contributed by atoms with Gasteiger partial charge in [0.2, 0.25) is 0 Å². The number of nitrogens with one attached hydrogen (secondary N) is 1. The molecule has 1 unspecified atom stereocenters. The molecule has 0 aromatic heterocycles. The summed E-state index contributed by atoms with van der Waals surface area (Å²) >= 11 is 6.01. The van der Waals surface area contributed by atoms with Crippen LogP contribution >= 0.6 is 11.6 Å². The van der Waals surface area contributed by atoms with Gasteiger partial charge in [0.1, 0.15) is 11.5 Å². The Kier molecular flexibility index (Phi) is 7.21. The lowest BCUT2D eigenvalue weighted by atomic mass is 10.1. The van der Waals surface area contributed by atoms with Gasteiger partial charge >= 0.3 is 0 Å². The van der Waals surface area contributed by atoms with Crippen LogP contribution in [0.3, 0.4) is 0 Å². The molecule has 1 atom stereocenters. The predicted molar refractivity (Wildman–Crippen MR) is 90.0 cm³/mol. The van der Waals surface area contributed by atoms with E-state index in [1.54, 1.807) is 25.1 Å². The van der Waals surface area contributed by atoms with E-state index >= 15 is 0 Å². The first-order chi connectivity index (χ1) is 10.8. The highest BCUT2D eigenvalue weighted by Crippen LogP contribution is 2.26. The molecule has 23 heavy (non-hydrogen) atoms. The van der Waals surface area contributed by atoms with Crippen molar-refractivity contribution in [1.82, 2.24) is 5.32 Å². The highest BCUT2D eigenvalue weighted by molar-refractivity contribution is 6.30. The number of ether oxygens (including phenoxy) is 3. The van der Waals surface area contributed by atoms with Gasteiger partial charge < -0.3 is 19.5 Å². The maximum Gasteiger partial charge on any atom is 0.264 e. The van der Waals surface area contributed by atoms with Crippen LogP contribution in [-0.4, -0.2) is 38.4 Å². The normalized spacial score (nSPS) is 11.9. The molecule has 1 aromatic rings. The lowest BCUT2D eigenvalue weighted by Gasteiger charge is -2.24. The molecule has 0 saturated heterocycles. The molecule has 1 aromatic carbocycles. The molecule has 126 valence electrons. The van der Waals surface area contributed by atoms with Gasteiger partial charge in [0.05, 0.1) is 19.3 Å². The summed E-state index contributed by atoms with van der Waals surface area (Å²) in [6.45, 7) is 5.44. The first-order valence-electron chi connectivity index (χ1n) is 7.07. The van der Waals surface area contributed by atoms with E-state index < -0.39 is 11.6 Å². The summed E-state index contributed by atoms with van der Waals surface area (Å²) in [5.41, 5.74) is -0.660. The van der Waals surface area contributed by atoms with Gasteiger partial charge in [-0.05, 0) is 32.9 Å². The maximum absolute atomic E-state index is 12.4. The van der Waals surface area contributed by atoms with Crippen LogP contribution in [0.2, 0.25) is 5.02 Å². The second kappa shape index (κ2) is 8.66. The second-order valence-electron chi connectivity index (χ2n) is 5.38. The fourth-order valence-electron chi connectivity index (χ4n) is 1.93. The second-order valence-corrected chi connectivity index (χ2v) is 5.81. The molecule has 6 heteroatoms. The van der Waals surface area contributed by atoms with Crippen LogP contribution in [0.1, 0.15) is 20.8 Å². The molecular formula is C17H22ClNO4. The molecule has 1 N–H and O–H groups in total. The van der Waals surface area contributed by atoms with Gasteiger partial charge in [-0.3, -0.25) is 4.79 Å². The van der Waals surface area contributed by atoms with E-state index in [0.717, 1.165) is 0 Å². The van der Waals surface area contributed by atoms with Crippen molar-refractivity contribution >= 4 is 17.5 Å². The van der Waals surface area contributed by atoms with Crippen molar-refractivity contribution in [2.75, 3.05) is 20.8 Å². The zero-order valence-corrected chi connectivity index (χ0v) is 14.8. The van der Waals surface area contributed by atoms with Crippen molar-refractivity contribution in [3.63, 3.8) is 0 Å². The van der Waals surface area contributed by atoms with Crippen LogP contribution in [-0.2, 0) is 9.53 Å². The van der Waals surface area contributed by atoms with Crippen molar-refractivity contribution in [2.24, 2.45) is 0 Å². The number of amides is 1. The predicted octanol–water partition coefficient (Wildman–Crippen LogP) is 2.66. The maximum atomic E-state index is 12.4. The number of hydrogen-bond donors (Lipinski definition) is 1. The number of rotatable bonds is 7. The van der Waals surface area contributed by atoms with Crippen molar-refractivity contribution in [3.8, 4) is 23.3 Å². The fraction of sp³-hybridized carbons (Fsp3) is 0.471. The summed E-state index contributed by atoms with van der Waals surface area (Å²) in [5.74, 6) is 6.35. The van der Waals surface area contributed by atoms with Gasteiger partial charge in [0, 0.05) is 18.2 Å². The van der Waals surface area contributed by atoms with Gasteiger partial charge in [0.15, 0.2) is 6.10 Å². The van der Waals surface area contributed by atoms with Gasteiger partial charge in [-0.25, -0.2) is 0 Å². The summed E-state index contributed by atoms with van der Waals surface area (Å²) < 4.78 is 15.9. The number of halogens is 1. The van der Waals surface area contributed by atoms with Crippen molar-refractivity contribution in [3.05, 3.63) is 23.2 Å². The van der Waals surface area contributed by atoms with Crippen LogP contribution in [0.15, 0.2) is 18.2 Å². The van der Waals surface area contributed by atoms with E-state index in [1.165, 1.54) is 14.2 Å². The van der Waals surface area contributed by atoms with Crippen molar-refractivity contribution in [2.45, 2.75) is 32.4 Å². The molecule has 0 aliphatic heterocycles. The number of methoxy groups -OCH3 is 2. The van der Waals surface area contributed by atoms with E-state index in [-0.39, 0.29) is 12.5 Å². The molecule has 5 nitrogen and oxygen atoms in total. The zero-order chi connectivity index (χ0) is 17.5. The highest BCUT2D eigenvalue weighted by Gasteiger charge is 2.26. The largest absolute Gasteiger partial charge is 0.497 e. The summed E-state index contributed by atoms with van der Waals surface area (Å²) in [4.78, 5) is 12.4. The van der Waals surface area contributed by atoms with Crippen LogP contribution in [0.4, 0.5) is 0 Å². The Morgan fingerprint density at radius 3 is 2.52 bits per heavy atom. The Labute approximate surface area is 142 Å². The van der Waals surface area contributed by atoms with Crippen LogP contribution in [0, 0.1) is 11.8 Å².